The molecule has 4 atom stereocenters. The fourth-order valence-corrected chi connectivity index (χ4v) is 6.63. The van der Waals surface area contributed by atoms with Gasteiger partial charge in [0.15, 0.2) is 11.4 Å². The molecule has 1 saturated heterocycles. The third-order valence-corrected chi connectivity index (χ3v) is 9.39. The SMILES string of the molecule is CC(=O)NCCCCCC(=O)NCc1cccc(-c2ccc([C@@H]3O[C@H](CSc4ncccn4)[C@H](C)[C@H](c4ccc(CO)cc4)O3)cc2)c1. The van der Waals surface area contributed by atoms with Crippen LogP contribution in [0.4, 0.5) is 0 Å². The molecule has 0 bridgehead atoms. The van der Waals surface area contributed by atoms with Gasteiger partial charge >= 0.3 is 0 Å². The van der Waals surface area contributed by atoms with Gasteiger partial charge in [0.25, 0.3) is 0 Å². The Labute approximate surface area is 286 Å². The number of ether oxygens (including phenoxy) is 2. The van der Waals surface area contributed by atoms with Crippen LogP contribution in [-0.4, -0.2) is 45.3 Å². The third-order valence-electron chi connectivity index (χ3n) is 8.43. The average Bonchev–Trinajstić information content (AvgIpc) is 3.12. The van der Waals surface area contributed by atoms with Crippen molar-refractivity contribution in [1.29, 1.82) is 0 Å². The summed E-state index contributed by atoms with van der Waals surface area (Å²) in [5.41, 5.74) is 5.97. The highest BCUT2D eigenvalue weighted by molar-refractivity contribution is 7.99. The standard InChI is InChI=1S/C38H44N4O5S/c1-26-34(25-48-38-40-20-7-21-41-38)46-37(47-36(26)31-13-11-28(24-43)12-14-31)32-17-15-30(16-18-32)33-9-6-8-29(22-33)23-42-35(45)10-4-3-5-19-39-27(2)44/h6-9,11-18,20-22,26,34,36-37,43H,3-5,10,19,23-25H2,1-2H3,(H,39,44)(H,42,45)/t26-,34+,36+,37+/m0/s1. The van der Waals surface area contributed by atoms with Crippen molar-refractivity contribution in [2.75, 3.05) is 12.3 Å². The van der Waals surface area contributed by atoms with E-state index in [1.54, 1.807) is 30.2 Å². The van der Waals surface area contributed by atoms with Crippen molar-refractivity contribution in [3.8, 4) is 11.1 Å². The van der Waals surface area contributed by atoms with Crippen LogP contribution >= 0.6 is 11.8 Å². The molecule has 0 saturated carbocycles. The van der Waals surface area contributed by atoms with Gasteiger partial charge in [-0.3, -0.25) is 9.59 Å². The normalized spacial score (nSPS) is 19.1. The Morgan fingerprint density at radius 2 is 1.58 bits per heavy atom. The van der Waals surface area contributed by atoms with Crippen molar-refractivity contribution in [1.82, 2.24) is 20.6 Å². The third kappa shape index (κ3) is 10.2. The number of hydrogen-bond acceptors (Lipinski definition) is 8. The van der Waals surface area contributed by atoms with Gasteiger partial charge in [-0.05, 0) is 52.8 Å². The predicted molar refractivity (Wildman–Crippen MR) is 187 cm³/mol. The summed E-state index contributed by atoms with van der Waals surface area (Å²) in [7, 11) is 0. The zero-order valence-electron chi connectivity index (χ0n) is 27.5. The first-order chi connectivity index (χ1) is 23.4. The minimum absolute atomic E-state index is 0.00361. The maximum Gasteiger partial charge on any atom is 0.220 e. The van der Waals surface area contributed by atoms with Crippen LogP contribution in [0, 0.1) is 5.92 Å². The maximum absolute atomic E-state index is 12.4. The molecule has 2 heterocycles. The van der Waals surface area contributed by atoms with Crippen LogP contribution in [0.5, 0.6) is 0 Å². The summed E-state index contributed by atoms with van der Waals surface area (Å²) < 4.78 is 13.2. The van der Waals surface area contributed by atoms with Crippen molar-refractivity contribution < 1.29 is 24.2 Å². The summed E-state index contributed by atoms with van der Waals surface area (Å²) in [6.45, 7) is 4.76. The number of thioether (sulfide) groups is 1. The maximum atomic E-state index is 12.4. The minimum Gasteiger partial charge on any atom is -0.392 e. The highest BCUT2D eigenvalue weighted by Gasteiger charge is 2.38. The van der Waals surface area contributed by atoms with Crippen LogP contribution in [0.3, 0.4) is 0 Å². The van der Waals surface area contributed by atoms with Crippen LogP contribution in [-0.2, 0) is 32.2 Å². The van der Waals surface area contributed by atoms with Gasteiger partial charge in [-0.25, -0.2) is 9.97 Å². The number of nitrogens with zero attached hydrogens (tertiary/aromatic N) is 2. The second kappa shape index (κ2) is 17.9. The van der Waals surface area contributed by atoms with Crippen LogP contribution < -0.4 is 10.6 Å². The lowest BCUT2D eigenvalue weighted by Crippen LogP contribution is -2.38. The molecule has 48 heavy (non-hydrogen) atoms. The molecule has 252 valence electrons. The summed E-state index contributed by atoms with van der Waals surface area (Å²) in [4.78, 5) is 32.1. The lowest BCUT2D eigenvalue weighted by atomic mass is 9.91. The van der Waals surface area contributed by atoms with Gasteiger partial charge in [-0.2, -0.15) is 0 Å². The predicted octanol–water partition coefficient (Wildman–Crippen LogP) is 6.53. The van der Waals surface area contributed by atoms with E-state index < -0.39 is 6.29 Å². The van der Waals surface area contributed by atoms with E-state index in [-0.39, 0.29) is 36.5 Å². The summed E-state index contributed by atoms with van der Waals surface area (Å²) in [5.74, 6) is 0.746. The molecule has 5 rings (SSSR count). The molecule has 3 N–H and O–H groups in total. The molecule has 2 amide bonds. The molecule has 1 aliphatic rings. The van der Waals surface area contributed by atoms with Crippen molar-refractivity contribution in [3.05, 3.63) is 114 Å². The first-order valence-electron chi connectivity index (χ1n) is 16.5. The Hall–Kier alpha value is -4.09. The van der Waals surface area contributed by atoms with Crippen LogP contribution in [0.2, 0.25) is 0 Å². The van der Waals surface area contributed by atoms with E-state index >= 15 is 0 Å². The van der Waals surface area contributed by atoms with Gasteiger partial charge in [0.2, 0.25) is 11.8 Å². The molecule has 9 nitrogen and oxygen atoms in total. The van der Waals surface area contributed by atoms with E-state index in [1.165, 1.54) is 6.92 Å². The smallest absolute Gasteiger partial charge is 0.220 e. The highest BCUT2D eigenvalue weighted by Crippen LogP contribution is 2.43. The van der Waals surface area contributed by atoms with Crippen molar-refractivity contribution in [2.24, 2.45) is 5.92 Å². The number of aromatic nitrogens is 2. The number of carbonyl (C=O) groups is 2. The fraction of sp³-hybridized carbons (Fsp3) is 0.368. The molecule has 0 aliphatic carbocycles. The zero-order chi connectivity index (χ0) is 33.7. The number of hydrogen-bond donors (Lipinski definition) is 3. The van der Waals surface area contributed by atoms with Gasteiger partial charge in [0.1, 0.15) is 0 Å². The van der Waals surface area contributed by atoms with Gasteiger partial charge in [-0.15, -0.1) is 0 Å². The van der Waals surface area contributed by atoms with Crippen LogP contribution in [0.15, 0.2) is 96.4 Å². The molecule has 0 unspecified atom stereocenters. The summed E-state index contributed by atoms with van der Waals surface area (Å²) >= 11 is 1.57. The van der Waals surface area contributed by atoms with Crippen molar-refractivity contribution in [2.45, 2.75) is 76.3 Å². The van der Waals surface area contributed by atoms with Gasteiger partial charge in [-0.1, -0.05) is 91.8 Å². The Balaban J connectivity index is 1.22. The van der Waals surface area contributed by atoms with Crippen molar-refractivity contribution in [3.63, 3.8) is 0 Å². The molecule has 1 fully saturated rings. The number of aliphatic hydroxyl groups is 1. The molecule has 0 radical (unpaired) electrons. The van der Waals surface area contributed by atoms with E-state index in [1.807, 2.05) is 48.5 Å². The largest absolute Gasteiger partial charge is 0.392 e. The van der Waals surface area contributed by atoms with Crippen LogP contribution in [0.1, 0.15) is 74.2 Å². The molecule has 3 aromatic carbocycles. The molecular weight excluding hydrogens is 625 g/mol. The molecule has 1 aliphatic heterocycles. The number of carbonyl (C=O) groups excluding carboxylic acids is 2. The summed E-state index contributed by atoms with van der Waals surface area (Å²) in [6.07, 6.45) is 5.64. The monoisotopic (exact) mass is 668 g/mol. The second-order valence-electron chi connectivity index (χ2n) is 12.1. The number of amides is 2. The van der Waals surface area contributed by atoms with E-state index in [4.69, 9.17) is 9.47 Å². The second-order valence-corrected chi connectivity index (χ2v) is 13.0. The number of rotatable bonds is 15. The first kappa shape index (κ1) is 35.2. The lowest BCUT2D eigenvalue weighted by Gasteiger charge is -2.41. The molecule has 0 spiro atoms. The van der Waals surface area contributed by atoms with Crippen molar-refractivity contribution >= 4 is 23.6 Å². The molecular formula is C38H44N4O5S. The first-order valence-corrected chi connectivity index (χ1v) is 17.5. The number of nitrogens with one attached hydrogen (secondary N) is 2. The summed E-state index contributed by atoms with van der Waals surface area (Å²) in [6, 6.07) is 26.2. The Bertz CT molecular complexity index is 1600. The Kier molecular flexibility index (Phi) is 13.1. The molecule has 10 heteroatoms. The average molecular weight is 669 g/mol. The Morgan fingerprint density at radius 3 is 2.31 bits per heavy atom. The van der Waals surface area contributed by atoms with Gasteiger partial charge in [0, 0.05) is 56.1 Å². The highest BCUT2D eigenvalue weighted by atomic mass is 32.2. The molecule has 1 aromatic heterocycles. The van der Waals surface area contributed by atoms with E-state index in [0.717, 1.165) is 52.6 Å². The fourth-order valence-electron chi connectivity index (χ4n) is 5.66. The number of benzene rings is 3. The topological polar surface area (TPSA) is 123 Å². The van der Waals surface area contributed by atoms with E-state index in [0.29, 0.717) is 30.4 Å². The van der Waals surface area contributed by atoms with Gasteiger partial charge in [0.05, 0.1) is 18.8 Å². The Morgan fingerprint density at radius 1 is 0.833 bits per heavy atom. The van der Waals surface area contributed by atoms with E-state index in [9.17, 15) is 14.7 Å². The number of aliphatic hydroxyl groups excluding tert-OH is 1. The van der Waals surface area contributed by atoms with Gasteiger partial charge < -0.3 is 25.2 Å². The lowest BCUT2D eigenvalue weighted by molar-refractivity contribution is -0.268. The molecule has 4 aromatic rings. The number of unbranched alkanes of at least 4 members (excludes halogenated alkanes) is 2. The zero-order valence-corrected chi connectivity index (χ0v) is 28.3. The van der Waals surface area contributed by atoms with Crippen LogP contribution in [0.25, 0.3) is 11.1 Å². The van der Waals surface area contributed by atoms with E-state index in [2.05, 4.69) is 51.8 Å². The minimum atomic E-state index is -0.563. The summed E-state index contributed by atoms with van der Waals surface area (Å²) in [5, 5.41) is 16.1. The quantitative estimate of drug-likeness (QED) is 0.0743.